The number of nitrogens with zero attached hydrogens (tertiary/aromatic N) is 4. The van der Waals surface area contributed by atoms with Gasteiger partial charge >= 0.3 is 0 Å². The van der Waals surface area contributed by atoms with Crippen molar-refractivity contribution < 1.29 is 0 Å². The van der Waals surface area contributed by atoms with Gasteiger partial charge in [-0.05, 0) is 126 Å². The molecule has 4 nitrogen and oxygen atoms in total. The van der Waals surface area contributed by atoms with Crippen molar-refractivity contribution in [2.24, 2.45) is 0 Å². The number of aromatic nitrogens is 3. The average molecular weight is 817 g/mol. The molecule has 0 aliphatic heterocycles. The molecular formula is C60H40N4. The Balaban J connectivity index is 0.937. The molecule has 300 valence electrons. The van der Waals surface area contributed by atoms with Gasteiger partial charge in [-0.15, -0.1) is 0 Å². The van der Waals surface area contributed by atoms with Crippen LogP contribution in [0.2, 0.25) is 0 Å². The highest BCUT2D eigenvalue weighted by molar-refractivity contribution is 6.17. The van der Waals surface area contributed by atoms with Gasteiger partial charge in [0.2, 0.25) is 0 Å². The van der Waals surface area contributed by atoms with Crippen LogP contribution in [0.3, 0.4) is 0 Å². The van der Waals surface area contributed by atoms with Gasteiger partial charge in [-0.2, -0.15) is 0 Å². The summed E-state index contributed by atoms with van der Waals surface area (Å²) in [6.07, 6.45) is 0. The molecule has 4 heteroatoms. The third-order valence-electron chi connectivity index (χ3n) is 13.0. The summed E-state index contributed by atoms with van der Waals surface area (Å²) in [6.45, 7) is 0. The summed E-state index contributed by atoms with van der Waals surface area (Å²) in [6, 6.07) is 88.0. The van der Waals surface area contributed by atoms with E-state index in [0.717, 1.165) is 34.1 Å². The lowest BCUT2D eigenvalue weighted by Crippen LogP contribution is -2.10. The predicted molar refractivity (Wildman–Crippen MR) is 270 cm³/mol. The first-order chi connectivity index (χ1) is 31.8. The Morgan fingerprint density at radius 3 is 1.30 bits per heavy atom. The summed E-state index contributed by atoms with van der Waals surface area (Å²) in [7, 11) is 0. The van der Waals surface area contributed by atoms with Gasteiger partial charge in [0, 0.05) is 66.4 Å². The van der Waals surface area contributed by atoms with Crippen LogP contribution in [-0.4, -0.2) is 13.7 Å². The molecule has 10 aromatic carbocycles. The fraction of sp³-hybridized carbons (Fsp3) is 0. The molecule has 64 heavy (non-hydrogen) atoms. The Labute approximate surface area is 370 Å². The van der Waals surface area contributed by atoms with E-state index in [4.69, 9.17) is 0 Å². The Kier molecular flexibility index (Phi) is 8.18. The first-order valence-corrected chi connectivity index (χ1v) is 21.9. The summed E-state index contributed by atoms with van der Waals surface area (Å²) >= 11 is 0. The third kappa shape index (κ3) is 5.56. The molecule has 0 saturated heterocycles. The van der Waals surface area contributed by atoms with Crippen molar-refractivity contribution in [3.63, 3.8) is 0 Å². The standard InChI is InChI=1S/C60H40N4/c1-4-17-42(18-5-1)61(47-36-38-58-53(40-47)50-24-11-14-28-55(50)62(58)43-19-6-2-7-20-43)45-32-34-46(35-33-45)63-54-27-13-10-23-49(54)52-39-41(31-37-57(52)63)48-26-16-30-59-60(48)51-25-12-15-29-56(51)64(59)44-21-8-3-9-22-44/h1-40H. The highest BCUT2D eigenvalue weighted by atomic mass is 15.1. The SMILES string of the molecule is c1ccc(N(c2ccc(-n3c4ccccc4c4cc(-c5cccc6c5c5ccccc5n6-c5ccccc5)ccc43)cc2)c2ccc3c(c2)c2ccccc2n3-c2ccccc2)cc1. The van der Waals surface area contributed by atoms with Crippen LogP contribution < -0.4 is 4.90 Å². The van der Waals surface area contributed by atoms with Gasteiger partial charge in [0.1, 0.15) is 0 Å². The molecule has 0 unspecified atom stereocenters. The van der Waals surface area contributed by atoms with E-state index >= 15 is 0 Å². The van der Waals surface area contributed by atoms with Crippen LogP contribution in [0.15, 0.2) is 243 Å². The minimum absolute atomic E-state index is 1.09. The monoisotopic (exact) mass is 816 g/mol. The van der Waals surface area contributed by atoms with Gasteiger partial charge in [-0.25, -0.2) is 0 Å². The Hall–Kier alpha value is -8.60. The summed E-state index contributed by atoms with van der Waals surface area (Å²) in [4.78, 5) is 2.37. The molecule has 3 heterocycles. The molecule has 0 bridgehead atoms. The zero-order chi connectivity index (χ0) is 42.1. The first-order valence-electron chi connectivity index (χ1n) is 21.9. The highest BCUT2D eigenvalue weighted by Gasteiger charge is 2.20. The first kappa shape index (κ1) is 36.1. The maximum absolute atomic E-state index is 2.41. The number of hydrogen-bond acceptors (Lipinski definition) is 1. The molecule has 0 atom stereocenters. The molecule has 0 radical (unpaired) electrons. The van der Waals surface area contributed by atoms with Gasteiger partial charge in [-0.1, -0.05) is 127 Å². The Morgan fingerprint density at radius 1 is 0.250 bits per heavy atom. The fourth-order valence-electron chi connectivity index (χ4n) is 10.3. The molecule has 0 fully saturated rings. The lowest BCUT2D eigenvalue weighted by Gasteiger charge is -2.26. The van der Waals surface area contributed by atoms with Crippen LogP contribution in [0, 0.1) is 0 Å². The van der Waals surface area contributed by atoms with Gasteiger partial charge < -0.3 is 18.6 Å². The normalized spacial score (nSPS) is 11.8. The third-order valence-corrected chi connectivity index (χ3v) is 13.0. The molecular weight excluding hydrogens is 777 g/mol. The molecule has 3 aromatic heterocycles. The lowest BCUT2D eigenvalue weighted by atomic mass is 9.98. The van der Waals surface area contributed by atoms with Crippen molar-refractivity contribution in [1.29, 1.82) is 0 Å². The van der Waals surface area contributed by atoms with Gasteiger partial charge in [0.25, 0.3) is 0 Å². The van der Waals surface area contributed by atoms with Crippen LogP contribution in [0.5, 0.6) is 0 Å². The highest BCUT2D eigenvalue weighted by Crippen LogP contribution is 2.43. The Bertz CT molecular complexity index is 3880. The second-order valence-corrected chi connectivity index (χ2v) is 16.5. The number of fused-ring (bicyclic) bond motifs is 9. The van der Waals surface area contributed by atoms with Crippen molar-refractivity contribution in [2.75, 3.05) is 4.90 Å². The summed E-state index contributed by atoms with van der Waals surface area (Å²) in [5, 5.41) is 7.44. The van der Waals surface area contributed by atoms with E-state index in [1.165, 1.54) is 76.5 Å². The minimum atomic E-state index is 1.09. The van der Waals surface area contributed by atoms with Gasteiger partial charge in [0.15, 0.2) is 0 Å². The number of anilines is 3. The summed E-state index contributed by atoms with van der Waals surface area (Å²) in [5.74, 6) is 0. The van der Waals surface area contributed by atoms with Crippen molar-refractivity contribution in [3.05, 3.63) is 243 Å². The summed E-state index contributed by atoms with van der Waals surface area (Å²) < 4.78 is 7.18. The molecule has 13 aromatic rings. The van der Waals surface area contributed by atoms with Gasteiger partial charge in [-0.3, -0.25) is 0 Å². The van der Waals surface area contributed by atoms with Crippen molar-refractivity contribution in [3.8, 4) is 28.2 Å². The topological polar surface area (TPSA) is 18.0 Å². The molecule has 0 spiro atoms. The summed E-state index contributed by atoms with van der Waals surface area (Å²) in [5.41, 5.74) is 16.3. The number of hydrogen-bond donors (Lipinski definition) is 0. The maximum atomic E-state index is 2.41. The zero-order valence-corrected chi connectivity index (χ0v) is 34.9. The largest absolute Gasteiger partial charge is 0.310 e. The number of rotatable bonds is 7. The maximum Gasteiger partial charge on any atom is 0.0547 e. The molecule has 0 N–H and O–H groups in total. The van der Waals surface area contributed by atoms with Crippen LogP contribution in [0.4, 0.5) is 17.1 Å². The quantitative estimate of drug-likeness (QED) is 0.157. The van der Waals surface area contributed by atoms with E-state index in [2.05, 4.69) is 261 Å². The lowest BCUT2D eigenvalue weighted by molar-refractivity contribution is 1.17. The average Bonchev–Trinajstić information content (AvgIpc) is 4.01. The van der Waals surface area contributed by atoms with Crippen LogP contribution in [-0.2, 0) is 0 Å². The second kappa shape index (κ2) is 14.5. The van der Waals surface area contributed by atoms with Crippen LogP contribution in [0.25, 0.3) is 93.6 Å². The fourth-order valence-corrected chi connectivity index (χ4v) is 10.3. The molecule has 0 saturated carbocycles. The van der Waals surface area contributed by atoms with Crippen LogP contribution >= 0.6 is 0 Å². The predicted octanol–water partition coefficient (Wildman–Crippen LogP) is 16.1. The molecule has 13 rings (SSSR count). The van der Waals surface area contributed by atoms with Gasteiger partial charge in [0.05, 0.1) is 33.1 Å². The van der Waals surface area contributed by atoms with E-state index in [1.54, 1.807) is 0 Å². The van der Waals surface area contributed by atoms with E-state index in [0.29, 0.717) is 0 Å². The van der Waals surface area contributed by atoms with E-state index in [9.17, 15) is 0 Å². The van der Waals surface area contributed by atoms with Crippen molar-refractivity contribution in [2.45, 2.75) is 0 Å². The smallest absolute Gasteiger partial charge is 0.0547 e. The van der Waals surface area contributed by atoms with Crippen molar-refractivity contribution >= 4 is 82.5 Å². The zero-order valence-electron chi connectivity index (χ0n) is 34.9. The molecule has 0 amide bonds. The molecule has 0 aliphatic rings. The van der Waals surface area contributed by atoms with E-state index in [-0.39, 0.29) is 0 Å². The number of para-hydroxylation sites is 6. The Morgan fingerprint density at radius 2 is 0.672 bits per heavy atom. The number of benzene rings is 10. The molecule has 0 aliphatic carbocycles. The van der Waals surface area contributed by atoms with E-state index < -0.39 is 0 Å². The van der Waals surface area contributed by atoms with Crippen molar-refractivity contribution in [1.82, 2.24) is 13.7 Å². The minimum Gasteiger partial charge on any atom is -0.310 e. The second-order valence-electron chi connectivity index (χ2n) is 16.5. The van der Waals surface area contributed by atoms with E-state index in [1.807, 2.05) is 0 Å². The van der Waals surface area contributed by atoms with Crippen LogP contribution in [0.1, 0.15) is 0 Å².